The molecule has 7 heteroatoms. The molecule has 0 aromatic carbocycles. The van der Waals surface area contributed by atoms with Crippen molar-refractivity contribution in [2.45, 2.75) is 51.9 Å². The fourth-order valence-electron chi connectivity index (χ4n) is 3.94. The molecule has 1 amide bonds. The molecule has 3 rings (SSSR count). The first kappa shape index (κ1) is 18.4. The molecule has 140 valence electrons. The Bertz CT molecular complexity index is 641. The minimum absolute atomic E-state index is 0.0560. The Morgan fingerprint density at radius 3 is 2.52 bits per heavy atom. The number of amides is 1. The summed E-state index contributed by atoms with van der Waals surface area (Å²) in [5, 5.41) is 14.5. The van der Waals surface area contributed by atoms with Crippen LogP contribution in [0.15, 0.2) is 0 Å². The van der Waals surface area contributed by atoms with Crippen molar-refractivity contribution in [3.05, 3.63) is 17.0 Å². The summed E-state index contributed by atoms with van der Waals surface area (Å²) in [6, 6.07) is 0. The molecule has 0 unspecified atom stereocenters. The standard InChI is InChI=1S/C18H30N4O3/c1-12-10-14-15(13(2)25-12)19-20(5)16(14)17(23)22-8-6-21(7-9-22)11-18(3,4)24/h12-13,24H,6-11H2,1-5H3/t12-,13+/m1/s1. The van der Waals surface area contributed by atoms with Gasteiger partial charge in [0.1, 0.15) is 5.69 Å². The highest BCUT2D eigenvalue weighted by Crippen LogP contribution is 2.31. The van der Waals surface area contributed by atoms with E-state index in [0.717, 1.165) is 30.8 Å². The number of hydrogen-bond acceptors (Lipinski definition) is 5. The van der Waals surface area contributed by atoms with Crippen LogP contribution in [0.2, 0.25) is 0 Å². The summed E-state index contributed by atoms with van der Waals surface area (Å²) in [6.07, 6.45) is 0.754. The number of aliphatic hydroxyl groups is 1. The quantitative estimate of drug-likeness (QED) is 0.880. The molecule has 7 nitrogen and oxygen atoms in total. The molecule has 2 atom stereocenters. The second kappa shape index (κ2) is 6.70. The topological polar surface area (TPSA) is 70.8 Å². The van der Waals surface area contributed by atoms with Crippen molar-refractivity contribution in [3.8, 4) is 0 Å². The van der Waals surface area contributed by atoms with Crippen LogP contribution in [0.1, 0.15) is 55.5 Å². The molecule has 0 aliphatic carbocycles. The summed E-state index contributed by atoms with van der Waals surface area (Å²) in [6.45, 7) is 11.2. The number of aryl methyl sites for hydroxylation is 1. The molecular weight excluding hydrogens is 320 g/mol. The lowest BCUT2D eigenvalue weighted by Crippen LogP contribution is -2.52. The molecule has 1 fully saturated rings. The normalized spacial score (nSPS) is 25.1. The lowest BCUT2D eigenvalue weighted by atomic mass is 9.99. The zero-order valence-electron chi connectivity index (χ0n) is 15.9. The monoisotopic (exact) mass is 350 g/mol. The van der Waals surface area contributed by atoms with E-state index in [1.54, 1.807) is 4.68 Å². The molecule has 1 aromatic heterocycles. The minimum Gasteiger partial charge on any atom is -0.389 e. The molecule has 25 heavy (non-hydrogen) atoms. The highest BCUT2D eigenvalue weighted by atomic mass is 16.5. The average molecular weight is 350 g/mol. The van der Waals surface area contributed by atoms with Crippen molar-refractivity contribution in [2.24, 2.45) is 7.05 Å². The first-order valence-electron chi connectivity index (χ1n) is 9.11. The molecule has 0 radical (unpaired) electrons. The predicted molar refractivity (Wildman–Crippen MR) is 94.5 cm³/mol. The number of carbonyl (C=O) groups excluding carboxylic acids is 1. The molecule has 1 saturated heterocycles. The van der Waals surface area contributed by atoms with Crippen molar-refractivity contribution in [1.29, 1.82) is 0 Å². The number of carbonyl (C=O) groups is 1. The van der Waals surface area contributed by atoms with Crippen LogP contribution >= 0.6 is 0 Å². The number of rotatable bonds is 3. The van der Waals surface area contributed by atoms with Gasteiger partial charge in [-0.25, -0.2) is 0 Å². The Hall–Kier alpha value is -1.44. The molecule has 1 N–H and O–H groups in total. The Kier molecular flexibility index (Phi) is 4.92. The van der Waals surface area contributed by atoms with Crippen LogP contribution in [0.3, 0.4) is 0 Å². The van der Waals surface area contributed by atoms with Crippen molar-refractivity contribution >= 4 is 5.91 Å². The lowest BCUT2D eigenvalue weighted by Gasteiger charge is -2.37. The van der Waals surface area contributed by atoms with Gasteiger partial charge in [-0.2, -0.15) is 5.10 Å². The zero-order chi connectivity index (χ0) is 18.4. The molecule has 0 saturated carbocycles. The molecule has 2 aliphatic heterocycles. The molecular formula is C18H30N4O3. The van der Waals surface area contributed by atoms with Crippen molar-refractivity contribution in [3.63, 3.8) is 0 Å². The van der Waals surface area contributed by atoms with Crippen LogP contribution in [0.4, 0.5) is 0 Å². The lowest BCUT2D eigenvalue weighted by molar-refractivity contribution is -0.00717. The van der Waals surface area contributed by atoms with Gasteiger partial charge in [0.15, 0.2) is 0 Å². The van der Waals surface area contributed by atoms with Gasteiger partial charge < -0.3 is 14.7 Å². The number of ether oxygens (including phenoxy) is 1. The number of β-amino-alcohol motifs (C(OH)–C–C–N with tert-alkyl or cyclic N) is 1. The fourth-order valence-corrected chi connectivity index (χ4v) is 3.94. The van der Waals surface area contributed by atoms with Crippen LogP contribution in [0.25, 0.3) is 0 Å². The van der Waals surface area contributed by atoms with E-state index in [9.17, 15) is 9.90 Å². The summed E-state index contributed by atoms with van der Waals surface area (Å²) >= 11 is 0. The average Bonchev–Trinajstić information content (AvgIpc) is 2.82. The Labute approximate surface area is 149 Å². The van der Waals surface area contributed by atoms with Gasteiger partial charge in [0, 0.05) is 51.8 Å². The maximum atomic E-state index is 13.1. The summed E-state index contributed by atoms with van der Waals surface area (Å²) in [4.78, 5) is 17.2. The van der Waals surface area contributed by atoms with Crippen molar-refractivity contribution in [2.75, 3.05) is 32.7 Å². The number of nitrogens with zero attached hydrogens (tertiary/aromatic N) is 4. The largest absolute Gasteiger partial charge is 0.389 e. The third kappa shape index (κ3) is 3.88. The Morgan fingerprint density at radius 1 is 1.28 bits per heavy atom. The molecule has 2 aliphatic rings. The second-order valence-electron chi connectivity index (χ2n) is 8.01. The van der Waals surface area contributed by atoms with Gasteiger partial charge in [-0.3, -0.25) is 14.4 Å². The van der Waals surface area contributed by atoms with Crippen LogP contribution in [-0.2, 0) is 18.2 Å². The van der Waals surface area contributed by atoms with Gasteiger partial charge in [0.25, 0.3) is 5.91 Å². The van der Waals surface area contributed by atoms with E-state index in [-0.39, 0.29) is 18.1 Å². The summed E-state index contributed by atoms with van der Waals surface area (Å²) in [5.41, 5.74) is 1.93. The number of piperazine rings is 1. The van der Waals surface area contributed by atoms with Gasteiger partial charge >= 0.3 is 0 Å². The van der Waals surface area contributed by atoms with Gasteiger partial charge in [-0.1, -0.05) is 0 Å². The Morgan fingerprint density at radius 2 is 1.92 bits per heavy atom. The highest BCUT2D eigenvalue weighted by Gasteiger charge is 2.34. The highest BCUT2D eigenvalue weighted by molar-refractivity contribution is 5.94. The molecule has 1 aromatic rings. The van der Waals surface area contributed by atoms with E-state index in [1.165, 1.54) is 0 Å². The SMILES string of the molecule is C[C@@H]1Cc2c(nn(C)c2C(=O)N2CCN(CC(C)(C)O)CC2)[C@H](C)O1. The Balaban J connectivity index is 1.73. The predicted octanol–water partition coefficient (Wildman–Crippen LogP) is 0.971. The number of fused-ring (bicyclic) bond motifs is 1. The van der Waals surface area contributed by atoms with E-state index in [2.05, 4.69) is 10.00 Å². The van der Waals surface area contributed by atoms with E-state index >= 15 is 0 Å². The van der Waals surface area contributed by atoms with Gasteiger partial charge in [0.2, 0.25) is 0 Å². The van der Waals surface area contributed by atoms with Crippen LogP contribution < -0.4 is 0 Å². The third-order valence-corrected chi connectivity index (χ3v) is 4.96. The van der Waals surface area contributed by atoms with Crippen LogP contribution in [0, 0.1) is 0 Å². The van der Waals surface area contributed by atoms with E-state index < -0.39 is 5.60 Å². The molecule has 0 bridgehead atoms. The minimum atomic E-state index is -0.709. The van der Waals surface area contributed by atoms with Crippen LogP contribution in [-0.4, -0.2) is 75.0 Å². The maximum Gasteiger partial charge on any atom is 0.272 e. The zero-order valence-corrected chi connectivity index (χ0v) is 15.9. The molecule has 3 heterocycles. The maximum absolute atomic E-state index is 13.1. The van der Waals surface area contributed by atoms with E-state index in [0.29, 0.717) is 25.3 Å². The van der Waals surface area contributed by atoms with Gasteiger partial charge in [-0.05, 0) is 27.7 Å². The third-order valence-electron chi connectivity index (χ3n) is 4.96. The number of hydrogen-bond donors (Lipinski definition) is 1. The van der Waals surface area contributed by atoms with Crippen molar-refractivity contribution in [1.82, 2.24) is 19.6 Å². The van der Waals surface area contributed by atoms with E-state index in [4.69, 9.17) is 4.74 Å². The van der Waals surface area contributed by atoms with Gasteiger partial charge in [-0.15, -0.1) is 0 Å². The molecule has 0 spiro atoms. The number of aromatic nitrogens is 2. The summed E-state index contributed by atoms with van der Waals surface area (Å²) in [7, 11) is 1.84. The summed E-state index contributed by atoms with van der Waals surface area (Å²) in [5.74, 6) is 0.0560. The summed E-state index contributed by atoms with van der Waals surface area (Å²) < 4.78 is 7.55. The van der Waals surface area contributed by atoms with E-state index in [1.807, 2.05) is 39.6 Å². The van der Waals surface area contributed by atoms with Crippen LogP contribution in [0.5, 0.6) is 0 Å². The van der Waals surface area contributed by atoms with Crippen molar-refractivity contribution < 1.29 is 14.6 Å². The fraction of sp³-hybridized carbons (Fsp3) is 0.778. The van der Waals surface area contributed by atoms with Gasteiger partial charge in [0.05, 0.1) is 23.5 Å². The smallest absolute Gasteiger partial charge is 0.272 e. The first-order valence-corrected chi connectivity index (χ1v) is 9.11. The second-order valence-corrected chi connectivity index (χ2v) is 8.01. The first-order chi connectivity index (χ1) is 11.7.